The summed E-state index contributed by atoms with van der Waals surface area (Å²) in [5.41, 5.74) is -0.309. The van der Waals surface area contributed by atoms with Crippen molar-refractivity contribution < 1.29 is 9.85 Å². The maximum absolute atomic E-state index is 11.0. The Kier molecular flexibility index (Phi) is 6.80. The fourth-order valence-electron chi connectivity index (χ4n) is 2.51. The first-order valence-electron chi connectivity index (χ1n) is 7.14. The average molecular weight is 515 g/mol. The summed E-state index contributed by atoms with van der Waals surface area (Å²) in [5, 5.41) is 21.9. The van der Waals surface area contributed by atoms with E-state index < -0.39 is 26.9 Å². The van der Waals surface area contributed by atoms with Crippen molar-refractivity contribution in [3.63, 3.8) is 0 Å². The van der Waals surface area contributed by atoms with Gasteiger partial charge in [0.25, 0.3) is 11.4 Å². The number of allylic oxidation sites excluding steroid dienone is 4. The van der Waals surface area contributed by atoms with Gasteiger partial charge in [-0.25, -0.2) is 0 Å². The van der Waals surface area contributed by atoms with Crippen molar-refractivity contribution in [1.82, 2.24) is 0 Å². The summed E-state index contributed by atoms with van der Waals surface area (Å²) in [6, 6.07) is 0. The minimum Gasteiger partial charge on any atom is -0.258 e. The van der Waals surface area contributed by atoms with Crippen LogP contribution in [0.3, 0.4) is 0 Å². The van der Waals surface area contributed by atoms with E-state index in [4.69, 9.17) is 69.6 Å². The van der Waals surface area contributed by atoms with Crippen molar-refractivity contribution in [2.75, 3.05) is 0 Å². The van der Waals surface area contributed by atoms with Gasteiger partial charge in [-0.15, -0.1) is 11.8 Å². The van der Waals surface area contributed by atoms with Gasteiger partial charge >= 0.3 is 0 Å². The standard InChI is InChI=1S/C14H10Cl6N2O4S/c15-13(16,17)11(5-1-9(2-6-11)21(23)24)27-12(14(18,19)20)7-3-10(4-8-12)22(25)26/h1-5,7H,6,8H2. The van der Waals surface area contributed by atoms with E-state index in [0.29, 0.717) is 0 Å². The first kappa shape index (κ1) is 23.1. The van der Waals surface area contributed by atoms with Crippen molar-refractivity contribution in [2.24, 2.45) is 0 Å². The van der Waals surface area contributed by atoms with E-state index in [-0.39, 0.29) is 24.2 Å². The summed E-state index contributed by atoms with van der Waals surface area (Å²) in [4.78, 5) is 20.8. The van der Waals surface area contributed by atoms with Crippen LogP contribution in [0.2, 0.25) is 0 Å². The number of hydrogen-bond acceptors (Lipinski definition) is 5. The molecule has 0 saturated heterocycles. The van der Waals surface area contributed by atoms with Crippen LogP contribution in [-0.2, 0) is 0 Å². The Bertz CT molecular complexity index is 721. The highest BCUT2D eigenvalue weighted by Crippen LogP contribution is 2.62. The van der Waals surface area contributed by atoms with Crippen molar-refractivity contribution in [1.29, 1.82) is 0 Å². The second-order valence-corrected chi connectivity index (χ2v) is 11.9. The van der Waals surface area contributed by atoms with Crippen LogP contribution in [0.5, 0.6) is 0 Å². The number of alkyl halides is 6. The van der Waals surface area contributed by atoms with E-state index in [1.54, 1.807) is 0 Å². The predicted octanol–water partition coefficient (Wildman–Crippen LogP) is 6.18. The van der Waals surface area contributed by atoms with Gasteiger partial charge in [0.1, 0.15) is 0 Å². The molecule has 6 nitrogen and oxygen atoms in total. The van der Waals surface area contributed by atoms with Crippen molar-refractivity contribution in [2.45, 2.75) is 29.9 Å². The zero-order chi connectivity index (χ0) is 20.7. The minimum absolute atomic E-state index is 0.0247. The van der Waals surface area contributed by atoms with Crippen molar-refractivity contribution in [3.8, 4) is 0 Å². The molecule has 0 aromatic rings. The van der Waals surface area contributed by atoms with Gasteiger partial charge in [0.15, 0.2) is 0 Å². The predicted molar refractivity (Wildman–Crippen MR) is 111 cm³/mol. The van der Waals surface area contributed by atoms with Crippen LogP contribution in [0.25, 0.3) is 0 Å². The third-order valence-corrected chi connectivity index (χ3v) is 8.66. The molecule has 0 radical (unpaired) electrons. The lowest BCUT2D eigenvalue weighted by atomic mass is 9.98. The number of thioether (sulfide) groups is 1. The molecule has 0 spiro atoms. The van der Waals surface area contributed by atoms with Crippen LogP contribution in [0.1, 0.15) is 12.8 Å². The number of nitrogens with zero attached hydrogens (tertiary/aromatic N) is 2. The van der Waals surface area contributed by atoms with Crippen molar-refractivity contribution in [3.05, 3.63) is 68.1 Å². The number of rotatable bonds is 4. The Morgan fingerprint density at radius 2 is 1.15 bits per heavy atom. The fourth-order valence-corrected chi connectivity index (χ4v) is 5.53. The van der Waals surface area contributed by atoms with Crippen LogP contribution in [-0.4, -0.2) is 26.9 Å². The van der Waals surface area contributed by atoms with Gasteiger partial charge < -0.3 is 0 Å². The van der Waals surface area contributed by atoms with Crippen LogP contribution < -0.4 is 0 Å². The van der Waals surface area contributed by atoms with E-state index >= 15 is 0 Å². The lowest BCUT2D eigenvalue weighted by Crippen LogP contribution is -2.48. The molecule has 0 saturated carbocycles. The summed E-state index contributed by atoms with van der Waals surface area (Å²) in [5.74, 6) is 0. The quantitative estimate of drug-likeness (QED) is 0.254. The summed E-state index contributed by atoms with van der Waals surface area (Å²) in [6.45, 7) is 0. The van der Waals surface area contributed by atoms with E-state index in [1.807, 2.05) is 0 Å². The molecular formula is C14H10Cl6N2O4S. The summed E-state index contributed by atoms with van der Waals surface area (Å²) in [6.07, 6.45) is 7.79. The number of hydrogen-bond donors (Lipinski definition) is 0. The lowest BCUT2D eigenvalue weighted by molar-refractivity contribution is -0.419. The average Bonchev–Trinajstić information content (AvgIpc) is 2.53. The van der Waals surface area contributed by atoms with E-state index in [2.05, 4.69) is 0 Å². The molecule has 0 amide bonds. The second kappa shape index (κ2) is 7.94. The Balaban J connectivity index is 2.47. The first-order chi connectivity index (χ1) is 12.2. The molecule has 0 aromatic heterocycles. The maximum atomic E-state index is 11.0. The molecule has 2 aliphatic carbocycles. The molecular weight excluding hydrogens is 505 g/mol. The SMILES string of the molecule is O=[N+]([O-])C1=CCC(SC2(C(Cl)(Cl)Cl)C=CC([N+](=O)[O-])=CC2)(C(Cl)(Cl)Cl)C=C1. The third-order valence-electron chi connectivity index (χ3n) is 4.02. The minimum atomic E-state index is -1.92. The number of halogens is 6. The zero-order valence-corrected chi connectivity index (χ0v) is 18.4. The van der Waals surface area contributed by atoms with E-state index in [9.17, 15) is 20.2 Å². The van der Waals surface area contributed by atoms with E-state index in [1.165, 1.54) is 36.5 Å². The van der Waals surface area contributed by atoms with Gasteiger partial charge in [-0.3, -0.25) is 20.2 Å². The monoisotopic (exact) mass is 512 g/mol. The zero-order valence-electron chi connectivity index (χ0n) is 13.1. The molecule has 0 fully saturated rings. The molecule has 0 aliphatic heterocycles. The highest BCUT2D eigenvalue weighted by atomic mass is 35.6. The van der Waals surface area contributed by atoms with Gasteiger partial charge in [0.05, 0.1) is 19.3 Å². The maximum Gasteiger partial charge on any atom is 0.265 e. The fraction of sp³-hybridized carbons (Fsp3) is 0.429. The van der Waals surface area contributed by atoms with Crippen LogP contribution in [0.4, 0.5) is 0 Å². The van der Waals surface area contributed by atoms with Crippen molar-refractivity contribution >= 4 is 81.4 Å². The van der Waals surface area contributed by atoms with Gasteiger partial charge in [-0.2, -0.15) is 0 Å². The third kappa shape index (κ3) is 4.71. The second-order valence-electron chi connectivity index (χ2n) is 5.72. The van der Waals surface area contributed by atoms with Crippen LogP contribution >= 0.6 is 81.4 Å². The Morgan fingerprint density at radius 1 is 0.815 bits per heavy atom. The molecule has 0 N–H and O–H groups in total. The molecule has 2 rings (SSSR count). The molecule has 0 bridgehead atoms. The summed E-state index contributed by atoms with van der Waals surface area (Å²) >= 11 is 38.1. The smallest absolute Gasteiger partial charge is 0.258 e. The molecule has 13 heteroatoms. The molecule has 2 aliphatic rings. The molecule has 2 unspecified atom stereocenters. The van der Waals surface area contributed by atoms with Gasteiger partial charge in [-0.1, -0.05) is 81.8 Å². The highest BCUT2D eigenvalue weighted by Gasteiger charge is 2.58. The Hall–Kier alpha value is -0.150. The van der Waals surface area contributed by atoms with Gasteiger partial charge in [0.2, 0.25) is 7.59 Å². The summed E-state index contributed by atoms with van der Waals surface area (Å²) < 4.78 is -6.47. The summed E-state index contributed by atoms with van der Waals surface area (Å²) in [7, 11) is 0. The van der Waals surface area contributed by atoms with Gasteiger partial charge in [0, 0.05) is 12.2 Å². The van der Waals surface area contributed by atoms with Crippen LogP contribution in [0.15, 0.2) is 47.9 Å². The van der Waals surface area contributed by atoms with E-state index in [0.717, 1.165) is 11.8 Å². The first-order valence-corrected chi connectivity index (χ1v) is 10.2. The highest BCUT2D eigenvalue weighted by molar-refractivity contribution is 8.03. The van der Waals surface area contributed by atoms with Crippen LogP contribution in [0, 0.1) is 20.2 Å². The molecule has 27 heavy (non-hydrogen) atoms. The lowest BCUT2D eigenvalue weighted by Gasteiger charge is -2.46. The number of nitro groups is 2. The molecule has 0 heterocycles. The topological polar surface area (TPSA) is 86.3 Å². The molecule has 148 valence electrons. The molecule has 2 atom stereocenters. The van der Waals surface area contributed by atoms with Gasteiger partial charge in [-0.05, 0) is 25.0 Å². The Morgan fingerprint density at radius 3 is 1.33 bits per heavy atom. The Labute approximate surface area is 188 Å². The normalized spacial score (nSPS) is 28.5. The molecule has 0 aromatic carbocycles. The largest absolute Gasteiger partial charge is 0.265 e.